The number of nitro groups is 1. The van der Waals surface area contributed by atoms with E-state index in [1.54, 1.807) is 11.2 Å². The van der Waals surface area contributed by atoms with Crippen LogP contribution < -0.4 is 9.47 Å². The van der Waals surface area contributed by atoms with Crippen LogP contribution in [0.3, 0.4) is 0 Å². The number of hydrogen-bond acceptors (Lipinski definition) is 7. The van der Waals surface area contributed by atoms with Crippen molar-refractivity contribution >= 4 is 11.6 Å². The van der Waals surface area contributed by atoms with E-state index in [2.05, 4.69) is 4.90 Å². The molecule has 0 N–H and O–H groups in total. The molecular formula is C18H21N3O6. The number of nitrogens with zero attached hydrogens (tertiary/aromatic N) is 3. The molecule has 0 bridgehead atoms. The summed E-state index contributed by atoms with van der Waals surface area (Å²) >= 11 is 0. The quantitative estimate of drug-likeness (QED) is 0.563. The normalized spacial score (nSPS) is 14.8. The van der Waals surface area contributed by atoms with Crippen LogP contribution in [0, 0.1) is 10.1 Å². The standard InChI is InChI=1S/C18H21N3O6/c1-25-16-10-14(15(21(23)24)11-17(16)26-2)18(22)20-7-5-19(6-8-20)12-13-4-3-9-27-13/h3-4,9-11H,5-8,12H2,1-2H3. The van der Waals surface area contributed by atoms with E-state index in [1.807, 2.05) is 12.1 Å². The van der Waals surface area contributed by atoms with Crippen LogP contribution in [0.4, 0.5) is 5.69 Å². The minimum atomic E-state index is -0.581. The summed E-state index contributed by atoms with van der Waals surface area (Å²) in [5.74, 6) is 0.970. The molecule has 1 aliphatic heterocycles. The van der Waals surface area contributed by atoms with Crippen LogP contribution in [0.15, 0.2) is 34.9 Å². The van der Waals surface area contributed by atoms with Crippen LogP contribution in [0.5, 0.6) is 11.5 Å². The Hall–Kier alpha value is -3.07. The van der Waals surface area contributed by atoms with Crippen molar-refractivity contribution < 1.29 is 23.6 Å². The number of hydrogen-bond donors (Lipinski definition) is 0. The highest BCUT2D eigenvalue weighted by molar-refractivity contribution is 5.99. The van der Waals surface area contributed by atoms with E-state index in [-0.39, 0.29) is 28.7 Å². The van der Waals surface area contributed by atoms with Gasteiger partial charge >= 0.3 is 0 Å². The lowest BCUT2D eigenvalue weighted by molar-refractivity contribution is -0.385. The maximum Gasteiger partial charge on any atom is 0.286 e. The number of piperazine rings is 1. The van der Waals surface area contributed by atoms with Gasteiger partial charge < -0.3 is 18.8 Å². The number of carbonyl (C=O) groups is 1. The monoisotopic (exact) mass is 375 g/mol. The maximum absolute atomic E-state index is 12.9. The molecule has 1 fully saturated rings. The molecule has 0 unspecified atom stereocenters. The molecule has 9 heteroatoms. The van der Waals surface area contributed by atoms with Gasteiger partial charge in [0.15, 0.2) is 11.5 Å². The van der Waals surface area contributed by atoms with Crippen molar-refractivity contribution in [1.82, 2.24) is 9.80 Å². The third-order valence-corrected chi connectivity index (χ3v) is 4.55. The highest BCUT2D eigenvalue weighted by atomic mass is 16.6. The lowest BCUT2D eigenvalue weighted by Crippen LogP contribution is -2.48. The molecule has 2 heterocycles. The Morgan fingerprint density at radius 3 is 2.41 bits per heavy atom. The summed E-state index contributed by atoms with van der Waals surface area (Å²) in [5.41, 5.74) is -0.298. The zero-order chi connectivity index (χ0) is 19.4. The summed E-state index contributed by atoms with van der Waals surface area (Å²) < 4.78 is 15.6. The van der Waals surface area contributed by atoms with Crippen LogP contribution in [-0.4, -0.2) is 61.0 Å². The molecular weight excluding hydrogens is 354 g/mol. The van der Waals surface area contributed by atoms with Gasteiger partial charge in [0.05, 0.1) is 38.0 Å². The smallest absolute Gasteiger partial charge is 0.286 e. The Labute approximate surface area is 156 Å². The molecule has 0 atom stereocenters. The number of amides is 1. The topological polar surface area (TPSA) is 98.3 Å². The molecule has 1 aliphatic rings. The minimum absolute atomic E-state index is 0.00265. The summed E-state index contributed by atoms with van der Waals surface area (Å²) in [7, 11) is 2.81. The maximum atomic E-state index is 12.9. The second-order valence-corrected chi connectivity index (χ2v) is 6.13. The number of ether oxygens (including phenoxy) is 2. The van der Waals surface area contributed by atoms with Crippen LogP contribution in [0.1, 0.15) is 16.1 Å². The van der Waals surface area contributed by atoms with Gasteiger partial charge in [0.1, 0.15) is 11.3 Å². The van der Waals surface area contributed by atoms with E-state index >= 15 is 0 Å². The number of methoxy groups -OCH3 is 2. The first-order valence-corrected chi connectivity index (χ1v) is 8.48. The van der Waals surface area contributed by atoms with E-state index in [0.717, 1.165) is 5.76 Å². The predicted octanol–water partition coefficient (Wildman–Crippen LogP) is 2.16. The molecule has 0 radical (unpaired) electrons. The fraction of sp³-hybridized carbons (Fsp3) is 0.389. The van der Waals surface area contributed by atoms with Gasteiger partial charge in [-0.15, -0.1) is 0 Å². The second kappa shape index (κ2) is 8.09. The summed E-state index contributed by atoms with van der Waals surface area (Å²) in [6.07, 6.45) is 1.63. The van der Waals surface area contributed by atoms with Crippen LogP contribution in [0.2, 0.25) is 0 Å². The Kier molecular flexibility index (Phi) is 5.60. The number of furan rings is 1. The van der Waals surface area contributed by atoms with Gasteiger partial charge in [-0.25, -0.2) is 0 Å². The average Bonchev–Trinajstić information content (AvgIpc) is 3.19. The van der Waals surface area contributed by atoms with Gasteiger partial charge in [0.2, 0.25) is 0 Å². The molecule has 2 aromatic rings. The minimum Gasteiger partial charge on any atom is -0.493 e. The van der Waals surface area contributed by atoms with Gasteiger partial charge in [-0.05, 0) is 12.1 Å². The lowest BCUT2D eigenvalue weighted by atomic mass is 10.1. The highest BCUT2D eigenvalue weighted by Gasteiger charge is 2.30. The lowest BCUT2D eigenvalue weighted by Gasteiger charge is -2.34. The van der Waals surface area contributed by atoms with E-state index < -0.39 is 4.92 Å². The summed E-state index contributed by atoms with van der Waals surface area (Å²) in [6.45, 7) is 2.95. The number of benzene rings is 1. The first-order valence-electron chi connectivity index (χ1n) is 8.48. The molecule has 1 aromatic heterocycles. The molecule has 9 nitrogen and oxygen atoms in total. The van der Waals surface area contributed by atoms with Gasteiger partial charge in [0.25, 0.3) is 11.6 Å². The van der Waals surface area contributed by atoms with Crippen LogP contribution in [0.25, 0.3) is 0 Å². The van der Waals surface area contributed by atoms with Crippen LogP contribution in [-0.2, 0) is 6.54 Å². The average molecular weight is 375 g/mol. The van der Waals surface area contributed by atoms with Gasteiger partial charge in [-0.3, -0.25) is 19.8 Å². The van der Waals surface area contributed by atoms with E-state index in [4.69, 9.17) is 13.9 Å². The summed E-state index contributed by atoms with van der Waals surface area (Å²) in [6, 6.07) is 6.34. The first-order chi connectivity index (χ1) is 13.0. The molecule has 144 valence electrons. The van der Waals surface area contributed by atoms with Crippen LogP contribution >= 0.6 is 0 Å². The van der Waals surface area contributed by atoms with Crippen molar-refractivity contribution in [3.63, 3.8) is 0 Å². The fourth-order valence-corrected chi connectivity index (χ4v) is 3.09. The predicted molar refractivity (Wildman–Crippen MR) is 96.1 cm³/mol. The SMILES string of the molecule is COc1cc(C(=O)N2CCN(Cc3ccco3)CC2)c([N+](=O)[O-])cc1OC. The summed E-state index contributed by atoms with van der Waals surface area (Å²) in [5, 5.41) is 11.4. The zero-order valence-electron chi connectivity index (χ0n) is 15.2. The molecule has 1 aromatic carbocycles. The number of carbonyl (C=O) groups excluding carboxylic acids is 1. The van der Waals surface area contributed by atoms with Crippen molar-refractivity contribution in [3.8, 4) is 11.5 Å². The fourth-order valence-electron chi connectivity index (χ4n) is 3.09. The number of rotatable bonds is 6. The third kappa shape index (κ3) is 4.03. The van der Waals surface area contributed by atoms with Crippen molar-refractivity contribution in [2.24, 2.45) is 0 Å². The van der Waals surface area contributed by atoms with Crippen molar-refractivity contribution in [2.45, 2.75) is 6.54 Å². The molecule has 3 rings (SSSR count). The van der Waals surface area contributed by atoms with Gasteiger partial charge in [0, 0.05) is 32.2 Å². The van der Waals surface area contributed by atoms with Crippen molar-refractivity contribution in [1.29, 1.82) is 0 Å². The highest BCUT2D eigenvalue weighted by Crippen LogP contribution is 2.35. The van der Waals surface area contributed by atoms with Gasteiger partial charge in [-0.1, -0.05) is 0 Å². The van der Waals surface area contributed by atoms with E-state index in [9.17, 15) is 14.9 Å². The molecule has 1 amide bonds. The van der Waals surface area contributed by atoms with Crippen molar-refractivity contribution in [3.05, 3.63) is 52.0 Å². The molecule has 27 heavy (non-hydrogen) atoms. The third-order valence-electron chi connectivity index (χ3n) is 4.55. The van der Waals surface area contributed by atoms with E-state index in [0.29, 0.717) is 32.7 Å². The Morgan fingerprint density at radius 2 is 1.85 bits per heavy atom. The first kappa shape index (κ1) is 18.7. The largest absolute Gasteiger partial charge is 0.493 e. The second-order valence-electron chi connectivity index (χ2n) is 6.13. The Morgan fingerprint density at radius 1 is 1.19 bits per heavy atom. The number of nitro benzene ring substituents is 1. The Bertz CT molecular complexity index is 813. The Balaban J connectivity index is 1.75. The molecule has 1 saturated heterocycles. The van der Waals surface area contributed by atoms with Crippen molar-refractivity contribution in [2.75, 3.05) is 40.4 Å². The van der Waals surface area contributed by atoms with Gasteiger partial charge in [-0.2, -0.15) is 0 Å². The molecule has 0 spiro atoms. The van der Waals surface area contributed by atoms with E-state index in [1.165, 1.54) is 26.4 Å². The molecule has 0 aliphatic carbocycles. The zero-order valence-corrected chi connectivity index (χ0v) is 15.2. The molecule has 0 saturated carbocycles. The summed E-state index contributed by atoms with van der Waals surface area (Å²) in [4.78, 5) is 27.5.